The SMILES string of the molecule is CCOc1nn(C2COC2)c2nc(C(C)C)cnc12. The minimum atomic E-state index is 0.244. The number of hydrogen-bond acceptors (Lipinski definition) is 5. The average Bonchev–Trinajstić information content (AvgIpc) is 2.66. The van der Waals surface area contributed by atoms with E-state index in [1.165, 1.54) is 0 Å². The molecule has 3 heterocycles. The van der Waals surface area contributed by atoms with Crippen molar-refractivity contribution in [3.05, 3.63) is 11.9 Å². The summed E-state index contributed by atoms with van der Waals surface area (Å²) < 4.78 is 12.7. The average molecular weight is 262 g/mol. The van der Waals surface area contributed by atoms with Gasteiger partial charge in [0.2, 0.25) is 0 Å². The van der Waals surface area contributed by atoms with Crippen LogP contribution < -0.4 is 4.74 Å². The summed E-state index contributed by atoms with van der Waals surface area (Å²) in [6, 6.07) is 0.244. The Kier molecular flexibility index (Phi) is 3.10. The van der Waals surface area contributed by atoms with Crippen molar-refractivity contribution in [3.63, 3.8) is 0 Å². The molecule has 1 saturated heterocycles. The van der Waals surface area contributed by atoms with E-state index in [1.54, 1.807) is 6.20 Å². The highest BCUT2D eigenvalue weighted by Gasteiger charge is 2.26. The molecule has 1 fully saturated rings. The van der Waals surface area contributed by atoms with Gasteiger partial charge in [0, 0.05) is 6.20 Å². The molecule has 0 atom stereocenters. The molecular weight excluding hydrogens is 244 g/mol. The molecule has 3 rings (SSSR count). The van der Waals surface area contributed by atoms with Crippen LogP contribution in [0, 0.1) is 0 Å². The molecule has 0 bridgehead atoms. The van der Waals surface area contributed by atoms with Crippen LogP contribution in [0.1, 0.15) is 38.4 Å². The molecule has 1 aliphatic rings. The quantitative estimate of drug-likeness (QED) is 0.842. The minimum absolute atomic E-state index is 0.244. The van der Waals surface area contributed by atoms with Crippen molar-refractivity contribution >= 4 is 11.2 Å². The molecule has 1 aliphatic heterocycles. The Morgan fingerprint density at radius 1 is 1.47 bits per heavy atom. The fourth-order valence-corrected chi connectivity index (χ4v) is 2.03. The maximum atomic E-state index is 5.54. The third kappa shape index (κ3) is 2.06. The Bertz CT molecular complexity index is 590. The first kappa shape index (κ1) is 12.3. The second kappa shape index (κ2) is 4.77. The van der Waals surface area contributed by atoms with E-state index in [1.807, 2.05) is 11.6 Å². The van der Waals surface area contributed by atoms with Crippen molar-refractivity contribution in [2.24, 2.45) is 0 Å². The second-order valence-electron chi connectivity index (χ2n) is 5.00. The summed E-state index contributed by atoms with van der Waals surface area (Å²) in [5.74, 6) is 0.903. The minimum Gasteiger partial charge on any atom is -0.475 e. The monoisotopic (exact) mass is 262 g/mol. The van der Waals surface area contributed by atoms with Gasteiger partial charge in [0.25, 0.3) is 5.88 Å². The summed E-state index contributed by atoms with van der Waals surface area (Å²) in [6.07, 6.45) is 1.80. The summed E-state index contributed by atoms with van der Waals surface area (Å²) in [7, 11) is 0. The summed E-state index contributed by atoms with van der Waals surface area (Å²) in [5.41, 5.74) is 2.50. The zero-order valence-electron chi connectivity index (χ0n) is 11.5. The van der Waals surface area contributed by atoms with Gasteiger partial charge in [0.05, 0.1) is 25.5 Å². The van der Waals surface area contributed by atoms with Gasteiger partial charge in [0.1, 0.15) is 6.04 Å². The summed E-state index contributed by atoms with van der Waals surface area (Å²) in [5, 5.41) is 4.49. The van der Waals surface area contributed by atoms with E-state index < -0.39 is 0 Å². The lowest BCUT2D eigenvalue weighted by molar-refractivity contribution is -0.0273. The number of ether oxygens (including phenoxy) is 2. The predicted octanol–water partition coefficient (Wildman–Crippen LogP) is 1.92. The van der Waals surface area contributed by atoms with Crippen LogP contribution in [0.2, 0.25) is 0 Å². The number of rotatable bonds is 4. The summed E-state index contributed by atoms with van der Waals surface area (Å²) in [4.78, 5) is 9.15. The fraction of sp³-hybridized carbons (Fsp3) is 0.615. The second-order valence-corrected chi connectivity index (χ2v) is 5.00. The normalized spacial score (nSPS) is 16.0. The summed E-state index contributed by atoms with van der Waals surface area (Å²) >= 11 is 0. The third-order valence-corrected chi connectivity index (χ3v) is 3.23. The van der Waals surface area contributed by atoms with E-state index in [0.29, 0.717) is 31.6 Å². The van der Waals surface area contributed by atoms with Gasteiger partial charge in [-0.15, -0.1) is 5.10 Å². The van der Waals surface area contributed by atoms with Crippen LogP contribution in [0.4, 0.5) is 0 Å². The maximum absolute atomic E-state index is 5.54. The van der Waals surface area contributed by atoms with Gasteiger partial charge >= 0.3 is 0 Å². The van der Waals surface area contributed by atoms with Gasteiger partial charge in [-0.1, -0.05) is 13.8 Å². The highest BCUT2D eigenvalue weighted by atomic mass is 16.5. The molecule has 0 aliphatic carbocycles. The Hall–Kier alpha value is -1.69. The van der Waals surface area contributed by atoms with Gasteiger partial charge in [-0.25, -0.2) is 14.6 Å². The zero-order valence-corrected chi connectivity index (χ0v) is 11.5. The van der Waals surface area contributed by atoms with Gasteiger partial charge in [-0.2, -0.15) is 0 Å². The van der Waals surface area contributed by atoms with Gasteiger partial charge in [-0.05, 0) is 12.8 Å². The molecular formula is C13H18N4O2. The van der Waals surface area contributed by atoms with E-state index in [9.17, 15) is 0 Å². The lowest BCUT2D eigenvalue weighted by atomic mass is 10.1. The maximum Gasteiger partial charge on any atom is 0.261 e. The largest absolute Gasteiger partial charge is 0.475 e. The lowest BCUT2D eigenvalue weighted by Gasteiger charge is -2.26. The Labute approximate surface area is 111 Å². The molecule has 19 heavy (non-hydrogen) atoms. The smallest absolute Gasteiger partial charge is 0.261 e. The third-order valence-electron chi connectivity index (χ3n) is 3.23. The first-order chi connectivity index (χ1) is 9.20. The molecule has 2 aromatic heterocycles. The van der Waals surface area contributed by atoms with Gasteiger partial charge in [-0.3, -0.25) is 0 Å². The highest BCUT2D eigenvalue weighted by Crippen LogP contribution is 2.28. The van der Waals surface area contributed by atoms with Crippen LogP contribution >= 0.6 is 0 Å². The molecule has 6 heteroatoms. The molecule has 102 valence electrons. The molecule has 0 N–H and O–H groups in total. The lowest BCUT2D eigenvalue weighted by Crippen LogP contribution is -2.31. The van der Waals surface area contributed by atoms with Gasteiger partial charge < -0.3 is 9.47 Å². The molecule has 0 saturated carbocycles. The van der Waals surface area contributed by atoms with Crippen LogP contribution in [0.25, 0.3) is 11.2 Å². The van der Waals surface area contributed by atoms with Crippen molar-refractivity contribution in [1.29, 1.82) is 0 Å². The van der Waals surface area contributed by atoms with Crippen molar-refractivity contribution in [2.45, 2.75) is 32.7 Å². The van der Waals surface area contributed by atoms with Crippen LogP contribution in [-0.2, 0) is 4.74 Å². The first-order valence-corrected chi connectivity index (χ1v) is 6.66. The standard InChI is InChI=1S/C13H18N4O2/c1-4-19-13-11-12(15-10(5-14-11)8(2)3)17(16-13)9-6-18-7-9/h5,8-9H,4,6-7H2,1-3H3. The zero-order chi connectivity index (χ0) is 13.4. The van der Waals surface area contributed by atoms with E-state index in [0.717, 1.165) is 16.9 Å². The molecule has 0 amide bonds. The van der Waals surface area contributed by atoms with E-state index >= 15 is 0 Å². The van der Waals surface area contributed by atoms with E-state index in [-0.39, 0.29) is 6.04 Å². The van der Waals surface area contributed by atoms with Crippen LogP contribution in [0.5, 0.6) is 5.88 Å². The molecule has 0 spiro atoms. The topological polar surface area (TPSA) is 62.1 Å². The summed E-state index contributed by atoms with van der Waals surface area (Å²) in [6.45, 7) is 8.07. The van der Waals surface area contributed by atoms with Crippen LogP contribution in [0.3, 0.4) is 0 Å². The Morgan fingerprint density at radius 2 is 2.26 bits per heavy atom. The number of nitrogens with zero attached hydrogens (tertiary/aromatic N) is 4. The Morgan fingerprint density at radius 3 is 2.84 bits per heavy atom. The molecule has 6 nitrogen and oxygen atoms in total. The number of aromatic nitrogens is 4. The fourth-order valence-electron chi connectivity index (χ4n) is 2.03. The molecule has 0 aromatic carbocycles. The first-order valence-electron chi connectivity index (χ1n) is 6.66. The highest BCUT2D eigenvalue weighted by molar-refractivity contribution is 5.76. The predicted molar refractivity (Wildman–Crippen MR) is 70.4 cm³/mol. The van der Waals surface area contributed by atoms with Crippen molar-refractivity contribution < 1.29 is 9.47 Å². The van der Waals surface area contributed by atoms with Crippen molar-refractivity contribution in [3.8, 4) is 5.88 Å². The van der Waals surface area contributed by atoms with Crippen LogP contribution in [-0.4, -0.2) is 39.6 Å². The molecule has 2 aromatic rings. The number of hydrogen-bond donors (Lipinski definition) is 0. The molecule has 0 radical (unpaired) electrons. The molecule has 0 unspecified atom stereocenters. The van der Waals surface area contributed by atoms with Gasteiger partial charge in [0.15, 0.2) is 11.2 Å². The van der Waals surface area contributed by atoms with E-state index in [2.05, 4.69) is 28.9 Å². The van der Waals surface area contributed by atoms with Crippen molar-refractivity contribution in [2.75, 3.05) is 19.8 Å². The van der Waals surface area contributed by atoms with Crippen molar-refractivity contribution in [1.82, 2.24) is 19.7 Å². The van der Waals surface area contributed by atoms with Crippen LogP contribution in [0.15, 0.2) is 6.20 Å². The number of fused-ring (bicyclic) bond motifs is 1. The Balaban J connectivity index is 2.13. The van der Waals surface area contributed by atoms with E-state index in [4.69, 9.17) is 9.47 Å².